The van der Waals surface area contributed by atoms with Crippen LogP contribution in [0, 0.1) is 0 Å². The molecule has 5 nitrogen and oxygen atoms in total. The first kappa shape index (κ1) is 16.0. The summed E-state index contributed by atoms with van der Waals surface area (Å²) in [5.41, 5.74) is 0.662. The van der Waals surface area contributed by atoms with Crippen LogP contribution < -0.4 is 10.3 Å². The summed E-state index contributed by atoms with van der Waals surface area (Å²) in [7, 11) is -3.27. The fraction of sp³-hybridized carbons (Fsp3) is 0.357. The predicted octanol–water partition coefficient (Wildman–Crippen LogP) is 1.77. The van der Waals surface area contributed by atoms with Gasteiger partial charge in [-0.25, -0.2) is 13.1 Å². The molecule has 1 aromatic heterocycles. The van der Waals surface area contributed by atoms with Gasteiger partial charge in [-0.3, -0.25) is 4.79 Å². The summed E-state index contributed by atoms with van der Waals surface area (Å²) >= 11 is 6.11. The number of benzene rings is 1. The molecule has 0 aliphatic rings. The molecule has 0 saturated carbocycles. The minimum atomic E-state index is -3.27. The second-order valence-electron chi connectivity index (χ2n) is 4.82. The molecule has 1 N–H and O–H groups in total. The minimum absolute atomic E-state index is 0.168. The number of pyridine rings is 1. The standard InChI is InChI=1S/C14H17ClN2O3S/c1-3-11-9-10-5-4-6-12(15)13(10)14(18)17(11)8-7-16-21(2,19)20/h4-6,9,16H,3,7-8H2,1-2H3. The van der Waals surface area contributed by atoms with Gasteiger partial charge in [-0.1, -0.05) is 30.7 Å². The number of halogens is 1. The molecular formula is C14H17ClN2O3S. The lowest BCUT2D eigenvalue weighted by atomic mass is 10.1. The van der Waals surface area contributed by atoms with Crippen LogP contribution in [0.2, 0.25) is 5.02 Å². The number of rotatable bonds is 5. The number of aryl methyl sites for hydroxylation is 1. The zero-order chi connectivity index (χ0) is 15.6. The molecule has 1 heterocycles. The molecule has 0 aliphatic heterocycles. The quantitative estimate of drug-likeness (QED) is 0.909. The molecule has 1 aromatic carbocycles. The van der Waals surface area contributed by atoms with Gasteiger partial charge in [0.25, 0.3) is 5.56 Å². The van der Waals surface area contributed by atoms with Crippen LogP contribution in [-0.4, -0.2) is 25.8 Å². The van der Waals surface area contributed by atoms with E-state index in [4.69, 9.17) is 11.6 Å². The Balaban J connectivity index is 2.49. The topological polar surface area (TPSA) is 68.2 Å². The van der Waals surface area contributed by atoms with Gasteiger partial charge < -0.3 is 4.57 Å². The van der Waals surface area contributed by atoms with Crippen molar-refractivity contribution in [1.29, 1.82) is 0 Å². The Hall–Kier alpha value is -1.37. The number of hydrogen-bond acceptors (Lipinski definition) is 3. The van der Waals surface area contributed by atoms with Crippen molar-refractivity contribution in [3.8, 4) is 0 Å². The lowest BCUT2D eigenvalue weighted by Gasteiger charge is -2.14. The smallest absolute Gasteiger partial charge is 0.260 e. The van der Waals surface area contributed by atoms with E-state index in [-0.39, 0.29) is 18.6 Å². The lowest BCUT2D eigenvalue weighted by Crippen LogP contribution is -2.31. The summed E-state index contributed by atoms with van der Waals surface area (Å²) in [6.07, 6.45) is 1.77. The van der Waals surface area contributed by atoms with E-state index in [0.717, 1.165) is 17.3 Å². The third-order valence-corrected chi connectivity index (χ3v) is 4.28. The monoisotopic (exact) mass is 328 g/mol. The van der Waals surface area contributed by atoms with Crippen molar-refractivity contribution >= 4 is 32.4 Å². The molecule has 2 aromatic rings. The van der Waals surface area contributed by atoms with Crippen molar-refractivity contribution in [2.24, 2.45) is 0 Å². The lowest BCUT2D eigenvalue weighted by molar-refractivity contribution is 0.572. The van der Waals surface area contributed by atoms with E-state index in [0.29, 0.717) is 16.8 Å². The van der Waals surface area contributed by atoms with Gasteiger partial charge in [0.1, 0.15) is 0 Å². The molecule has 2 rings (SSSR count). The SMILES string of the molecule is CCc1cc2cccc(Cl)c2c(=O)n1CCNS(C)(=O)=O. The van der Waals surface area contributed by atoms with E-state index in [1.165, 1.54) is 0 Å². The Morgan fingerprint density at radius 3 is 2.67 bits per heavy atom. The molecule has 0 saturated heterocycles. The summed E-state index contributed by atoms with van der Waals surface area (Å²) in [6.45, 7) is 2.39. The Morgan fingerprint density at radius 2 is 2.05 bits per heavy atom. The van der Waals surface area contributed by atoms with Gasteiger partial charge in [0.2, 0.25) is 10.0 Å². The number of hydrogen-bond donors (Lipinski definition) is 1. The minimum Gasteiger partial charge on any atom is -0.311 e. The maximum absolute atomic E-state index is 12.6. The maximum Gasteiger partial charge on any atom is 0.260 e. The van der Waals surface area contributed by atoms with Crippen LogP contribution in [0.15, 0.2) is 29.1 Å². The molecule has 0 fully saturated rings. The van der Waals surface area contributed by atoms with Gasteiger partial charge in [-0.15, -0.1) is 0 Å². The van der Waals surface area contributed by atoms with E-state index in [9.17, 15) is 13.2 Å². The first-order chi connectivity index (χ1) is 9.83. The normalized spacial score (nSPS) is 12.0. The number of aromatic nitrogens is 1. The van der Waals surface area contributed by atoms with Crippen LogP contribution in [-0.2, 0) is 23.0 Å². The molecule has 0 unspecified atom stereocenters. The highest BCUT2D eigenvalue weighted by molar-refractivity contribution is 7.88. The van der Waals surface area contributed by atoms with Crippen molar-refractivity contribution in [3.63, 3.8) is 0 Å². The average Bonchev–Trinajstić information content (AvgIpc) is 2.39. The summed E-state index contributed by atoms with van der Waals surface area (Å²) in [4.78, 5) is 12.6. The van der Waals surface area contributed by atoms with Crippen molar-refractivity contribution in [2.45, 2.75) is 19.9 Å². The number of nitrogens with one attached hydrogen (secondary N) is 1. The largest absolute Gasteiger partial charge is 0.311 e. The Labute approximate surface area is 128 Å². The maximum atomic E-state index is 12.6. The Kier molecular flexibility index (Phi) is 4.70. The van der Waals surface area contributed by atoms with Crippen molar-refractivity contribution < 1.29 is 8.42 Å². The second kappa shape index (κ2) is 6.17. The summed E-state index contributed by atoms with van der Waals surface area (Å²) < 4.78 is 26.2. The van der Waals surface area contributed by atoms with E-state index in [1.807, 2.05) is 19.1 Å². The molecule has 114 valence electrons. The van der Waals surface area contributed by atoms with Gasteiger partial charge in [-0.05, 0) is 23.9 Å². The third-order valence-electron chi connectivity index (χ3n) is 3.24. The molecule has 0 amide bonds. The van der Waals surface area contributed by atoms with Gasteiger partial charge in [0, 0.05) is 18.8 Å². The zero-order valence-electron chi connectivity index (χ0n) is 11.9. The van der Waals surface area contributed by atoms with E-state index in [1.54, 1.807) is 16.7 Å². The van der Waals surface area contributed by atoms with E-state index in [2.05, 4.69) is 4.72 Å². The molecule has 0 atom stereocenters. The highest BCUT2D eigenvalue weighted by Gasteiger charge is 2.11. The van der Waals surface area contributed by atoms with E-state index >= 15 is 0 Å². The van der Waals surface area contributed by atoms with Crippen LogP contribution in [0.5, 0.6) is 0 Å². The molecular weight excluding hydrogens is 312 g/mol. The van der Waals surface area contributed by atoms with Crippen molar-refractivity contribution in [1.82, 2.24) is 9.29 Å². The van der Waals surface area contributed by atoms with Crippen LogP contribution in [0.4, 0.5) is 0 Å². The van der Waals surface area contributed by atoms with Gasteiger partial charge >= 0.3 is 0 Å². The second-order valence-corrected chi connectivity index (χ2v) is 7.06. The van der Waals surface area contributed by atoms with Crippen LogP contribution >= 0.6 is 11.6 Å². The predicted molar refractivity (Wildman–Crippen MR) is 85.4 cm³/mol. The first-order valence-corrected chi connectivity index (χ1v) is 8.86. The summed E-state index contributed by atoms with van der Waals surface area (Å²) in [6, 6.07) is 7.25. The highest BCUT2D eigenvalue weighted by atomic mass is 35.5. The van der Waals surface area contributed by atoms with E-state index < -0.39 is 10.0 Å². The summed E-state index contributed by atoms with van der Waals surface area (Å²) in [5, 5.41) is 1.68. The highest BCUT2D eigenvalue weighted by Crippen LogP contribution is 2.21. The third kappa shape index (κ3) is 3.64. The van der Waals surface area contributed by atoms with Crippen LogP contribution in [0.25, 0.3) is 10.8 Å². The fourth-order valence-electron chi connectivity index (χ4n) is 2.29. The summed E-state index contributed by atoms with van der Waals surface area (Å²) in [5.74, 6) is 0. The number of nitrogens with zero attached hydrogens (tertiary/aromatic N) is 1. The van der Waals surface area contributed by atoms with Gasteiger partial charge in [0.15, 0.2) is 0 Å². The Morgan fingerprint density at radius 1 is 1.33 bits per heavy atom. The number of fused-ring (bicyclic) bond motifs is 1. The molecule has 21 heavy (non-hydrogen) atoms. The molecule has 0 radical (unpaired) electrons. The van der Waals surface area contributed by atoms with Crippen molar-refractivity contribution in [3.05, 3.63) is 45.3 Å². The van der Waals surface area contributed by atoms with Gasteiger partial charge in [-0.2, -0.15) is 0 Å². The van der Waals surface area contributed by atoms with Crippen molar-refractivity contribution in [2.75, 3.05) is 12.8 Å². The van der Waals surface area contributed by atoms with Crippen LogP contribution in [0.3, 0.4) is 0 Å². The first-order valence-electron chi connectivity index (χ1n) is 6.59. The number of sulfonamides is 1. The average molecular weight is 329 g/mol. The molecule has 0 aliphatic carbocycles. The molecule has 0 bridgehead atoms. The molecule has 0 spiro atoms. The van der Waals surface area contributed by atoms with Gasteiger partial charge in [0.05, 0.1) is 16.7 Å². The van der Waals surface area contributed by atoms with Crippen LogP contribution in [0.1, 0.15) is 12.6 Å². The zero-order valence-corrected chi connectivity index (χ0v) is 13.5. The Bertz CT molecular complexity index is 828. The fourth-order valence-corrected chi connectivity index (χ4v) is 3.02. The molecule has 7 heteroatoms.